The lowest BCUT2D eigenvalue weighted by Crippen LogP contribution is -2.46. The fourth-order valence-electron chi connectivity index (χ4n) is 6.58. The first-order valence-corrected chi connectivity index (χ1v) is 17.4. The Morgan fingerprint density at radius 3 is 2.30 bits per heavy atom. The molecule has 3 aromatic carbocycles. The third kappa shape index (κ3) is 7.23. The van der Waals surface area contributed by atoms with Crippen LogP contribution in [0.4, 0.5) is 10.1 Å². The molecule has 3 aromatic rings. The van der Waals surface area contributed by atoms with Gasteiger partial charge in [-0.05, 0) is 90.8 Å². The van der Waals surface area contributed by atoms with E-state index in [0.29, 0.717) is 49.4 Å². The summed E-state index contributed by atoms with van der Waals surface area (Å²) in [4.78, 5) is 29.6. The molecular weight excluding hydrogens is 575 g/mol. The maximum Gasteiger partial charge on any atom is 0.257 e. The van der Waals surface area contributed by atoms with Crippen molar-refractivity contribution in [3.63, 3.8) is 0 Å². The molecule has 0 aromatic heterocycles. The SMILES string of the molecule is Cc1cccc(F)c1C(=O)N1CCC[C@H](C(=O)Nc2cccc(C(C)(C)C)c2)[C@@H]1c1ccc(CC2CCS(=O)(=O)CC2)cc1. The molecule has 2 saturated heterocycles. The Labute approximate surface area is 261 Å². The number of hydrogen-bond donors (Lipinski definition) is 1. The van der Waals surface area contributed by atoms with Crippen molar-refractivity contribution >= 4 is 27.3 Å². The van der Waals surface area contributed by atoms with Crippen LogP contribution in [0.2, 0.25) is 0 Å². The first-order valence-electron chi connectivity index (χ1n) is 15.6. The third-order valence-electron chi connectivity index (χ3n) is 9.18. The number of nitrogens with one attached hydrogen (secondary N) is 1. The van der Waals surface area contributed by atoms with E-state index >= 15 is 4.39 Å². The quantitative estimate of drug-likeness (QED) is 0.322. The molecule has 0 unspecified atom stereocenters. The predicted octanol–water partition coefficient (Wildman–Crippen LogP) is 7.03. The van der Waals surface area contributed by atoms with Gasteiger partial charge in [0.2, 0.25) is 5.91 Å². The molecular formula is C36H43FN2O4S. The molecule has 5 rings (SSSR count). The van der Waals surface area contributed by atoms with E-state index < -0.39 is 33.5 Å². The lowest BCUT2D eigenvalue weighted by atomic mass is 9.82. The van der Waals surface area contributed by atoms with Gasteiger partial charge in [0, 0.05) is 12.2 Å². The van der Waals surface area contributed by atoms with E-state index in [-0.39, 0.29) is 28.4 Å². The lowest BCUT2D eigenvalue weighted by Gasteiger charge is -2.41. The van der Waals surface area contributed by atoms with Gasteiger partial charge in [-0.3, -0.25) is 9.59 Å². The summed E-state index contributed by atoms with van der Waals surface area (Å²) in [5.41, 5.74) is 4.25. The van der Waals surface area contributed by atoms with Gasteiger partial charge in [0.05, 0.1) is 29.0 Å². The smallest absolute Gasteiger partial charge is 0.257 e. The van der Waals surface area contributed by atoms with Gasteiger partial charge in [0.1, 0.15) is 15.7 Å². The van der Waals surface area contributed by atoms with Crippen LogP contribution in [0.1, 0.15) is 85.1 Å². The Kier molecular flexibility index (Phi) is 9.30. The molecule has 2 heterocycles. The topological polar surface area (TPSA) is 83.6 Å². The third-order valence-corrected chi connectivity index (χ3v) is 10.9. The Bertz CT molecular complexity index is 1590. The average molecular weight is 619 g/mol. The van der Waals surface area contributed by atoms with Crippen molar-refractivity contribution in [1.82, 2.24) is 4.90 Å². The summed E-state index contributed by atoms with van der Waals surface area (Å²) in [6, 6.07) is 19.9. The highest BCUT2D eigenvalue weighted by Crippen LogP contribution is 2.39. The number of piperidine rings is 1. The highest BCUT2D eigenvalue weighted by atomic mass is 32.2. The molecule has 2 amide bonds. The monoisotopic (exact) mass is 618 g/mol. The molecule has 2 aliphatic heterocycles. The van der Waals surface area contributed by atoms with Crippen LogP contribution in [-0.2, 0) is 26.5 Å². The molecule has 0 spiro atoms. The molecule has 2 fully saturated rings. The van der Waals surface area contributed by atoms with E-state index in [2.05, 4.69) is 26.1 Å². The van der Waals surface area contributed by atoms with Gasteiger partial charge in [-0.2, -0.15) is 0 Å². The number of nitrogens with zero attached hydrogens (tertiary/aromatic N) is 1. The number of benzene rings is 3. The van der Waals surface area contributed by atoms with Crippen LogP contribution in [0, 0.1) is 24.6 Å². The number of hydrogen-bond acceptors (Lipinski definition) is 4. The highest BCUT2D eigenvalue weighted by molar-refractivity contribution is 7.91. The number of rotatable bonds is 6. The minimum absolute atomic E-state index is 0.0420. The number of carbonyl (C=O) groups is 2. The van der Waals surface area contributed by atoms with Gasteiger partial charge in [0.25, 0.3) is 5.91 Å². The Balaban J connectivity index is 1.45. The maximum atomic E-state index is 15.0. The number of carbonyl (C=O) groups excluding carboxylic acids is 2. The summed E-state index contributed by atoms with van der Waals surface area (Å²) in [6.07, 6.45) is 3.32. The molecule has 0 saturated carbocycles. The van der Waals surface area contributed by atoms with Crippen molar-refractivity contribution in [1.29, 1.82) is 0 Å². The van der Waals surface area contributed by atoms with E-state index in [1.165, 1.54) is 6.07 Å². The second kappa shape index (κ2) is 12.8. The fraction of sp³-hybridized carbons (Fsp3) is 0.444. The van der Waals surface area contributed by atoms with Gasteiger partial charge >= 0.3 is 0 Å². The molecule has 44 heavy (non-hydrogen) atoms. The van der Waals surface area contributed by atoms with Gasteiger partial charge in [-0.1, -0.05) is 69.3 Å². The number of anilines is 1. The molecule has 8 heteroatoms. The summed E-state index contributed by atoms with van der Waals surface area (Å²) in [5, 5.41) is 3.12. The van der Waals surface area contributed by atoms with Crippen LogP contribution in [0.3, 0.4) is 0 Å². The van der Waals surface area contributed by atoms with Gasteiger partial charge in [-0.15, -0.1) is 0 Å². The minimum atomic E-state index is -2.92. The van der Waals surface area contributed by atoms with E-state index in [0.717, 1.165) is 23.1 Å². The zero-order valence-electron chi connectivity index (χ0n) is 26.1. The normalized spacial score (nSPS) is 20.7. The van der Waals surface area contributed by atoms with Crippen LogP contribution < -0.4 is 5.32 Å². The molecule has 0 radical (unpaired) electrons. The number of likely N-dealkylation sites (tertiary alicyclic amines) is 1. The van der Waals surface area contributed by atoms with Crippen molar-refractivity contribution in [2.24, 2.45) is 11.8 Å². The Morgan fingerprint density at radius 2 is 1.64 bits per heavy atom. The zero-order chi connectivity index (χ0) is 31.6. The first kappa shape index (κ1) is 31.9. The van der Waals surface area contributed by atoms with Crippen LogP contribution in [0.25, 0.3) is 0 Å². The van der Waals surface area contributed by atoms with Crippen molar-refractivity contribution in [2.45, 2.75) is 71.3 Å². The molecule has 6 nitrogen and oxygen atoms in total. The molecule has 2 atom stereocenters. The van der Waals surface area contributed by atoms with E-state index in [9.17, 15) is 18.0 Å². The fourth-order valence-corrected chi connectivity index (χ4v) is 8.17. The van der Waals surface area contributed by atoms with Crippen molar-refractivity contribution in [3.8, 4) is 0 Å². The maximum absolute atomic E-state index is 15.0. The summed E-state index contributed by atoms with van der Waals surface area (Å²) >= 11 is 0. The second-order valence-electron chi connectivity index (χ2n) is 13.5. The van der Waals surface area contributed by atoms with Crippen molar-refractivity contribution in [3.05, 3.63) is 100 Å². The first-order chi connectivity index (χ1) is 20.8. The molecule has 1 N–H and O–H groups in total. The van der Waals surface area contributed by atoms with Crippen LogP contribution in [0.5, 0.6) is 0 Å². The summed E-state index contributed by atoms with van der Waals surface area (Å²) < 4.78 is 38.8. The minimum Gasteiger partial charge on any atom is -0.331 e. The largest absolute Gasteiger partial charge is 0.331 e. The van der Waals surface area contributed by atoms with Crippen LogP contribution in [-0.4, -0.2) is 43.2 Å². The Morgan fingerprint density at radius 1 is 0.955 bits per heavy atom. The molecule has 0 aliphatic carbocycles. The number of aryl methyl sites for hydroxylation is 1. The van der Waals surface area contributed by atoms with Gasteiger partial charge < -0.3 is 10.2 Å². The van der Waals surface area contributed by atoms with E-state index in [4.69, 9.17) is 0 Å². The average Bonchev–Trinajstić information content (AvgIpc) is 2.98. The number of halogens is 1. The van der Waals surface area contributed by atoms with Gasteiger partial charge in [-0.25, -0.2) is 12.8 Å². The Hall–Kier alpha value is -3.52. The second-order valence-corrected chi connectivity index (χ2v) is 15.8. The molecule has 2 aliphatic rings. The van der Waals surface area contributed by atoms with E-state index in [1.807, 2.05) is 48.5 Å². The predicted molar refractivity (Wildman–Crippen MR) is 173 cm³/mol. The lowest BCUT2D eigenvalue weighted by molar-refractivity contribution is -0.123. The van der Waals surface area contributed by atoms with Crippen molar-refractivity contribution < 1.29 is 22.4 Å². The van der Waals surface area contributed by atoms with Gasteiger partial charge in [0.15, 0.2) is 0 Å². The standard InChI is InChI=1S/C36H43FN2O4S/c1-24-8-5-12-31(37)32(24)35(41)39-19-7-11-30(34(40)38-29-10-6-9-28(23-29)36(2,3)4)33(39)27-15-13-25(14-16-27)22-26-17-20-44(42,43)21-18-26/h5-6,8-10,12-16,23,26,30,33H,7,11,17-22H2,1-4H3,(H,38,40)/t30-,33-/m0/s1. The highest BCUT2D eigenvalue weighted by Gasteiger charge is 2.40. The number of amides is 2. The molecule has 234 valence electrons. The van der Waals surface area contributed by atoms with Crippen molar-refractivity contribution in [2.75, 3.05) is 23.4 Å². The van der Waals surface area contributed by atoms with Crippen LogP contribution >= 0.6 is 0 Å². The van der Waals surface area contributed by atoms with Crippen LogP contribution in [0.15, 0.2) is 66.7 Å². The summed E-state index contributed by atoms with van der Waals surface area (Å²) in [6.45, 7) is 8.52. The molecule has 0 bridgehead atoms. The van der Waals surface area contributed by atoms with E-state index in [1.54, 1.807) is 24.0 Å². The number of sulfone groups is 1. The zero-order valence-corrected chi connectivity index (χ0v) is 26.9. The summed E-state index contributed by atoms with van der Waals surface area (Å²) in [7, 11) is -2.92. The summed E-state index contributed by atoms with van der Waals surface area (Å²) in [5.74, 6) is -0.901.